The monoisotopic (exact) mass is 316 g/mol. The molecule has 0 aliphatic carbocycles. The average molecular weight is 317 g/mol. The van der Waals surface area contributed by atoms with Crippen LogP contribution in [0.2, 0.25) is 0 Å². The minimum atomic E-state index is 0.152. The van der Waals surface area contributed by atoms with Gasteiger partial charge in [-0.3, -0.25) is 4.79 Å². The molecule has 0 bridgehead atoms. The van der Waals surface area contributed by atoms with E-state index in [4.69, 9.17) is 0 Å². The summed E-state index contributed by atoms with van der Waals surface area (Å²) in [6, 6.07) is 12.1. The van der Waals surface area contributed by atoms with E-state index < -0.39 is 0 Å². The molecule has 0 fully saturated rings. The third kappa shape index (κ3) is 3.32. The van der Waals surface area contributed by atoms with E-state index in [-0.39, 0.29) is 5.78 Å². The van der Waals surface area contributed by atoms with Crippen LogP contribution in [0.3, 0.4) is 0 Å². The first kappa shape index (κ1) is 14.0. The molecule has 98 valence electrons. The van der Waals surface area contributed by atoms with Crippen molar-refractivity contribution in [1.82, 2.24) is 0 Å². The Balaban J connectivity index is 2.25. The number of carbonyl (C=O) groups excluding carboxylic acids is 1. The van der Waals surface area contributed by atoms with Gasteiger partial charge in [-0.25, -0.2) is 0 Å². The van der Waals surface area contributed by atoms with E-state index in [1.54, 1.807) is 0 Å². The Kier molecular flexibility index (Phi) is 4.20. The van der Waals surface area contributed by atoms with Gasteiger partial charge in [-0.2, -0.15) is 0 Å². The summed E-state index contributed by atoms with van der Waals surface area (Å²) in [6.07, 6.45) is 0.448. The van der Waals surface area contributed by atoms with Gasteiger partial charge in [0.15, 0.2) is 5.78 Å². The molecule has 0 aliphatic heterocycles. The smallest absolute Gasteiger partial charge is 0.168 e. The zero-order chi connectivity index (χ0) is 14.0. The van der Waals surface area contributed by atoms with Crippen molar-refractivity contribution < 1.29 is 4.79 Å². The Bertz CT molecular complexity index is 629. The van der Waals surface area contributed by atoms with E-state index >= 15 is 0 Å². The molecule has 0 saturated heterocycles. The Hall–Kier alpha value is -1.41. The molecule has 0 atom stereocenters. The van der Waals surface area contributed by atoms with Crippen LogP contribution in [0.25, 0.3) is 0 Å². The van der Waals surface area contributed by atoms with Gasteiger partial charge in [0.25, 0.3) is 0 Å². The van der Waals surface area contributed by atoms with Gasteiger partial charge in [-0.1, -0.05) is 45.8 Å². The second-order valence-electron chi connectivity index (χ2n) is 5.00. The van der Waals surface area contributed by atoms with Crippen LogP contribution in [0.1, 0.15) is 32.6 Å². The van der Waals surface area contributed by atoms with Gasteiger partial charge in [-0.15, -0.1) is 0 Å². The van der Waals surface area contributed by atoms with E-state index in [1.165, 1.54) is 11.1 Å². The highest BCUT2D eigenvalue weighted by Gasteiger charge is 2.11. The second kappa shape index (κ2) is 5.70. The number of ketones is 1. The van der Waals surface area contributed by atoms with Crippen LogP contribution in [0.5, 0.6) is 0 Å². The van der Waals surface area contributed by atoms with Crippen LogP contribution < -0.4 is 0 Å². The highest BCUT2D eigenvalue weighted by atomic mass is 79.9. The fourth-order valence-corrected chi connectivity index (χ4v) is 2.51. The van der Waals surface area contributed by atoms with Crippen LogP contribution in [0, 0.1) is 20.8 Å². The van der Waals surface area contributed by atoms with E-state index in [0.29, 0.717) is 6.42 Å². The lowest BCUT2D eigenvalue weighted by Crippen LogP contribution is -2.05. The number of aryl methyl sites for hydroxylation is 3. The number of carbonyl (C=O) groups is 1. The number of Topliss-reactive ketones (excluding diaryl/α,β-unsaturated/α-hetero) is 1. The normalized spacial score (nSPS) is 10.5. The van der Waals surface area contributed by atoms with Crippen molar-refractivity contribution in [3.8, 4) is 0 Å². The third-order valence-electron chi connectivity index (χ3n) is 3.36. The first-order valence-electron chi connectivity index (χ1n) is 6.33. The molecular formula is C17H17BrO. The molecular weight excluding hydrogens is 300 g/mol. The van der Waals surface area contributed by atoms with Gasteiger partial charge >= 0.3 is 0 Å². The maximum Gasteiger partial charge on any atom is 0.168 e. The molecule has 0 N–H and O–H groups in total. The molecule has 0 spiro atoms. The fourth-order valence-electron chi connectivity index (χ4n) is 2.05. The second-order valence-corrected chi connectivity index (χ2v) is 5.86. The Morgan fingerprint density at radius 1 is 1.00 bits per heavy atom. The summed E-state index contributed by atoms with van der Waals surface area (Å²) in [6.45, 7) is 6.16. The van der Waals surface area contributed by atoms with Gasteiger partial charge < -0.3 is 0 Å². The zero-order valence-electron chi connectivity index (χ0n) is 11.5. The quantitative estimate of drug-likeness (QED) is 0.743. The summed E-state index contributed by atoms with van der Waals surface area (Å²) >= 11 is 3.45. The van der Waals surface area contributed by atoms with Crippen molar-refractivity contribution >= 4 is 21.7 Å². The molecule has 19 heavy (non-hydrogen) atoms. The lowest BCUT2D eigenvalue weighted by atomic mass is 9.99. The minimum absolute atomic E-state index is 0.152. The van der Waals surface area contributed by atoms with Crippen LogP contribution in [0.4, 0.5) is 0 Å². The molecule has 0 radical (unpaired) electrons. The van der Waals surface area contributed by atoms with Gasteiger partial charge in [0.2, 0.25) is 0 Å². The van der Waals surface area contributed by atoms with Crippen LogP contribution >= 0.6 is 15.9 Å². The number of hydrogen-bond acceptors (Lipinski definition) is 1. The van der Waals surface area contributed by atoms with E-state index in [2.05, 4.69) is 41.9 Å². The van der Waals surface area contributed by atoms with Crippen LogP contribution in [0.15, 0.2) is 40.9 Å². The summed E-state index contributed by atoms with van der Waals surface area (Å²) in [5.41, 5.74) is 5.42. The fraction of sp³-hybridized carbons (Fsp3) is 0.235. The van der Waals surface area contributed by atoms with Crippen molar-refractivity contribution in [1.29, 1.82) is 0 Å². The van der Waals surface area contributed by atoms with Crippen molar-refractivity contribution in [2.24, 2.45) is 0 Å². The van der Waals surface area contributed by atoms with Crippen molar-refractivity contribution in [3.05, 3.63) is 68.7 Å². The standard InChI is InChI=1S/C17H17BrO/c1-11-4-7-16(18)15(8-11)17(19)10-14-6-5-12(2)13(3)9-14/h4-9H,10H2,1-3H3. The van der Waals surface area contributed by atoms with E-state index in [0.717, 1.165) is 21.2 Å². The molecule has 0 unspecified atom stereocenters. The minimum Gasteiger partial charge on any atom is -0.294 e. The molecule has 2 heteroatoms. The highest BCUT2D eigenvalue weighted by molar-refractivity contribution is 9.10. The maximum absolute atomic E-state index is 12.4. The van der Waals surface area contributed by atoms with Crippen molar-refractivity contribution in [2.45, 2.75) is 27.2 Å². The first-order valence-corrected chi connectivity index (χ1v) is 7.12. The number of benzene rings is 2. The largest absolute Gasteiger partial charge is 0.294 e. The molecule has 2 rings (SSSR count). The molecule has 2 aromatic rings. The van der Waals surface area contributed by atoms with Gasteiger partial charge in [0.05, 0.1) is 0 Å². The zero-order valence-corrected chi connectivity index (χ0v) is 13.0. The van der Waals surface area contributed by atoms with Crippen LogP contribution in [-0.4, -0.2) is 5.78 Å². The molecule has 0 heterocycles. The summed E-state index contributed by atoms with van der Waals surface area (Å²) in [7, 11) is 0. The Morgan fingerprint density at radius 3 is 2.42 bits per heavy atom. The van der Waals surface area contributed by atoms with Gasteiger partial charge in [0.1, 0.15) is 0 Å². The van der Waals surface area contributed by atoms with E-state index in [9.17, 15) is 4.79 Å². The summed E-state index contributed by atoms with van der Waals surface area (Å²) in [5.74, 6) is 0.152. The maximum atomic E-state index is 12.4. The molecule has 1 nitrogen and oxygen atoms in total. The lowest BCUT2D eigenvalue weighted by molar-refractivity contribution is 0.0992. The summed E-state index contributed by atoms with van der Waals surface area (Å²) < 4.78 is 0.868. The number of rotatable bonds is 3. The molecule has 0 saturated carbocycles. The predicted octanol–water partition coefficient (Wildman–Crippen LogP) is 4.80. The summed E-state index contributed by atoms with van der Waals surface area (Å²) in [4.78, 5) is 12.4. The summed E-state index contributed by atoms with van der Waals surface area (Å²) in [5, 5.41) is 0. The SMILES string of the molecule is Cc1ccc(Br)c(C(=O)Cc2ccc(C)c(C)c2)c1. The van der Waals surface area contributed by atoms with Gasteiger partial charge in [0, 0.05) is 16.5 Å². The first-order chi connectivity index (χ1) is 8.97. The molecule has 0 aliphatic rings. The topological polar surface area (TPSA) is 17.1 Å². The van der Waals surface area contributed by atoms with Crippen molar-refractivity contribution in [3.63, 3.8) is 0 Å². The van der Waals surface area contributed by atoms with Gasteiger partial charge in [-0.05, 0) is 49.6 Å². The van der Waals surface area contributed by atoms with E-state index in [1.807, 2.05) is 31.2 Å². The Labute approximate surface area is 122 Å². The molecule has 2 aromatic carbocycles. The number of halogens is 1. The van der Waals surface area contributed by atoms with Crippen LogP contribution in [-0.2, 0) is 6.42 Å². The molecule has 0 amide bonds. The average Bonchev–Trinajstić information content (AvgIpc) is 2.36. The lowest BCUT2D eigenvalue weighted by Gasteiger charge is -2.07. The Morgan fingerprint density at radius 2 is 1.74 bits per heavy atom. The third-order valence-corrected chi connectivity index (χ3v) is 4.05. The predicted molar refractivity (Wildman–Crippen MR) is 82.8 cm³/mol. The number of hydrogen-bond donors (Lipinski definition) is 0. The molecule has 0 aromatic heterocycles. The van der Waals surface area contributed by atoms with Crippen molar-refractivity contribution in [2.75, 3.05) is 0 Å². The highest BCUT2D eigenvalue weighted by Crippen LogP contribution is 2.20.